The molecule has 1 aromatic heterocycles. The smallest absolute Gasteiger partial charge is 0.256 e. The van der Waals surface area contributed by atoms with E-state index in [9.17, 15) is 9.00 Å². The molecule has 2 heterocycles. The number of hydrogen-bond acceptors (Lipinski definition) is 6. The summed E-state index contributed by atoms with van der Waals surface area (Å²) in [7, 11) is 0.960. The molecule has 8 nitrogen and oxygen atoms in total. The minimum atomic E-state index is -1.56. The van der Waals surface area contributed by atoms with Gasteiger partial charge in [0.1, 0.15) is 17.1 Å². The van der Waals surface area contributed by atoms with Crippen LogP contribution in [0.25, 0.3) is 11.1 Å². The molecule has 2 atom stereocenters. The Labute approximate surface area is 253 Å². The van der Waals surface area contributed by atoms with E-state index in [-0.39, 0.29) is 5.91 Å². The van der Waals surface area contributed by atoms with Gasteiger partial charge >= 0.3 is 0 Å². The van der Waals surface area contributed by atoms with Gasteiger partial charge in [-0.05, 0) is 72.2 Å². The van der Waals surface area contributed by atoms with Gasteiger partial charge in [0, 0.05) is 24.2 Å². The Morgan fingerprint density at radius 3 is 2.57 bits per heavy atom. The molecule has 42 heavy (non-hydrogen) atoms. The van der Waals surface area contributed by atoms with Crippen molar-refractivity contribution in [3.8, 4) is 11.1 Å². The normalized spacial score (nSPS) is 16.8. The molecule has 0 N–H and O–H groups in total. The van der Waals surface area contributed by atoms with Crippen LogP contribution in [0.1, 0.15) is 81.2 Å². The van der Waals surface area contributed by atoms with E-state index in [2.05, 4.69) is 39.7 Å². The van der Waals surface area contributed by atoms with E-state index in [1.807, 2.05) is 49.9 Å². The molecule has 1 aliphatic heterocycles. The number of aromatic nitrogens is 1. The zero-order chi connectivity index (χ0) is 29.9. The fourth-order valence-electron chi connectivity index (χ4n) is 5.86. The zero-order valence-corrected chi connectivity index (χ0v) is 27.0. The van der Waals surface area contributed by atoms with Gasteiger partial charge in [-0.3, -0.25) is 18.8 Å². The molecular formula is C32H41N4O4PS. The zero-order valence-electron chi connectivity index (χ0n) is 25.0. The van der Waals surface area contributed by atoms with Crippen LogP contribution in [0.15, 0.2) is 56.9 Å². The predicted octanol–water partition coefficient (Wildman–Crippen LogP) is 7.06. The molecule has 1 saturated carbocycles. The van der Waals surface area contributed by atoms with Crippen molar-refractivity contribution in [2.24, 2.45) is 4.99 Å². The molecule has 10 heteroatoms. The summed E-state index contributed by atoms with van der Waals surface area (Å²) >= 11 is 0. The minimum Gasteiger partial charge on any atom is -0.377 e. The lowest BCUT2D eigenvalue weighted by Gasteiger charge is -2.23. The highest BCUT2D eigenvalue weighted by molar-refractivity contribution is 7.91. The van der Waals surface area contributed by atoms with Crippen LogP contribution in [-0.4, -0.2) is 38.2 Å². The van der Waals surface area contributed by atoms with Crippen LogP contribution in [0.2, 0.25) is 0 Å². The molecule has 1 amide bonds. The number of carbonyl (C=O) groups is 1. The Balaban J connectivity index is 1.47. The second kappa shape index (κ2) is 13.2. The van der Waals surface area contributed by atoms with E-state index in [0.717, 1.165) is 78.6 Å². The average Bonchev–Trinajstić information content (AvgIpc) is 3.69. The quantitative estimate of drug-likeness (QED) is 0.206. The molecule has 2 aliphatic rings. The summed E-state index contributed by atoms with van der Waals surface area (Å²) in [5, 5.41) is 4.11. The van der Waals surface area contributed by atoms with Crippen LogP contribution >= 0.6 is 9.39 Å². The monoisotopic (exact) mass is 608 g/mol. The van der Waals surface area contributed by atoms with E-state index in [1.165, 1.54) is 0 Å². The van der Waals surface area contributed by atoms with Gasteiger partial charge < -0.3 is 9.26 Å². The number of benzene rings is 2. The van der Waals surface area contributed by atoms with Crippen LogP contribution in [0.5, 0.6) is 0 Å². The van der Waals surface area contributed by atoms with E-state index < -0.39 is 16.5 Å². The lowest BCUT2D eigenvalue weighted by atomic mass is 9.96. The Morgan fingerprint density at radius 2 is 1.88 bits per heavy atom. The first kappa shape index (κ1) is 30.6. The van der Waals surface area contributed by atoms with Gasteiger partial charge in [0.05, 0.1) is 18.0 Å². The summed E-state index contributed by atoms with van der Waals surface area (Å²) in [4.78, 5) is 21.3. The van der Waals surface area contributed by atoms with Crippen LogP contribution in [0, 0.1) is 13.8 Å². The molecule has 0 radical (unpaired) electrons. The van der Waals surface area contributed by atoms with Crippen LogP contribution < -0.4 is 4.08 Å². The minimum absolute atomic E-state index is 0.154. The lowest BCUT2D eigenvalue weighted by molar-refractivity contribution is -0.131. The number of aliphatic imine (C=N–C) groups is 1. The molecular weight excluding hydrogens is 567 g/mol. The second-order valence-corrected chi connectivity index (χ2v) is 13.4. The first-order chi connectivity index (χ1) is 20.3. The van der Waals surface area contributed by atoms with Gasteiger partial charge in [0.2, 0.25) is 0 Å². The third kappa shape index (κ3) is 5.97. The summed E-state index contributed by atoms with van der Waals surface area (Å²) < 4.78 is 26.6. The van der Waals surface area contributed by atoms with E-state index in [4.69, 9.17) is 14.3 Å². The van der Waals surface area contributed by atoms with E-state index in [1.54, 1.807) is 4.08 Å². The number of rotatable bonds is 12. The maximum atomic E-state index is 13.9. The Hall–Kier alpha value is -2.87. The average molecular weight is 609 g/mol. The van der Waals surface area contributed by atoms with Crippen molar-refractivity contribution in [3.05, 3.63) is 64.9 Å². The Morgan fingerprint density at radius 1 is 1.12 bits per heavy atom. The number of unbranched alkanes of at least 4 members (excludes halogenated alkanes) is 1. The maximum absolute atomic E-state index is 13.9. The molecule has 0 bridgehead atoms. The number of amides is 1. The van der Waals surface area contributed by atoms with Crippen LogP contribution in [0.3, 0.4) is 0 Å². The van der Waals surface area contributed by atoms with Gasteiger partial charge in [-0.15, -0.1) is 0 Å². The number of nitrogens with zero attached hydrogens (tertiary/aromatic N) is 4. The maximum Gasteiger partial charge on any atom is 0.256 e. The highest BCUT2D eigenvalue weighted by atomic mass is 32.2. The van der Waals surface area contributed by atoms with Gasteiger partial charge in [-0.2, -0.15) is 0 Å². The van der Waals surface area contributed by atoms with Gasteiger partial charge in [-0.1, -0.05) is 67.7 Å². The van der Waals surface area contributed by atoms with Crippen molar-refractivity contribution in [1.29, 1.82) is 0 Å². The third-order valence-electron chi connectivity index (χ3n) is 8.34. The standard InChI is InChI=1S/C32H41N4O4PS/c1-5-7-14-29-33-32(17-10-11-18-32)31(37)35(29)20-24-15-16-26(25(19-24)21-39-6-2)27-12-8-9-13-28(27)42(38)36(41)30-22(3)23(4)40-34-30/h8-9,12-13,15-16,19H,5-7,10-11,14,17-18,20-21,41H2,1-4H3. The molecule has 1 fully saturated rings. The molecule has 0 saturated heterocycles. The largest absolute Gasteiger partial charge is 0.377 e. The van der Waals surface area contributed by atoms with Gasteiger partial charge in [0.25, 0.3) is 5.91 Å². The number of anilines is 1. The number of ether oxygens (including phenoxy) is 1. The van der Waals surface area contributed by atoms with Crippen molar-refractivity contribution in [3.63, 3.8) is 0 Å². The summed E-state index contributed by atoms with van der Waals surface area (Å²) in [6.45, 7) is 9.34. The molecule has 1 spiro atoms. The summed E-state index contributed by atoms with van der Waals surface area (Å²) in [6.07, 6.45) is 6.71. The number of aryl methyl sites for hydroxylation is 1. The van der Waals surface area contributed by atoms with Gasteiger partial charge in [-0.25, -0.2) is 4.21 Å². The molecule has 3 aromatic rings. The van der Waals surface area contributed by atoms with Crippen LogP contribution in [-0.2, 0) is 33.7 Å². The molecule has 1 aliphatic carbocycles. The second-order valence-electron chi connectivity index (χ2n) is 11.1. The number of amidine groups is 1. The van der Waals surface area contributed by atoms with E-state index in [0.29, 0.717) is 36.2 Å². The van der Waals surface area contributed by atoms with Gasteiger partial charge in [0.15, 0.2) is 16.8 Å². The Kier molecular flexibility index (Phi) is 9.60. The lowest BCUT2D eigenvalue weighted by Crippen LogP contribution is -2.40. The summed E-state index contributed by atoms with van der Waals surface area (Å²) in [5.74, 6) is 2.29. The number of hydrogen-bond donors (Lipinski definition) is 0. The van der Waals surface area contributed by atoms with Crippen molar-refractivity contribution < 1.29 is 18.3 Å². The fraction of sp³-hybridized carbons (Fsp3) is 0.469. The molecule has 2 aromatic carbocycles. The fourth-order valence-corrected chi connectivity index (χ4v) is 7.54. The van der Waals surface area contributed by atoms with Crippen molar-refractivity contribution in [1.82, 2.24) is 10.1 Å². The highest BCUT2D eigenvalue weighted by Gasteiger charge is 2.49. The topological polar surface area (TPSA) is 88.2 Å². The third-order valence-corrected chi connectivity index (χ3v) is 10.4. The Bertz CT molecular complexity index is 1500. The van der Waals surface area contributed by atoms with Crippen molar-refractivity contribution >= 4 is 37.9 Å². The predicted molar refractivity (Wildman–Crippen MR) is 170 cm³/mol. The first-order valence-corrected chi connectivity index (χ1v) is 16.5. The van der Waals surface area contributed by atoms with Crippen molar-refractivity contribution in [2.45, 2.75) is 96.2 Å². The van der Waals surface area contributed by atoms with Crippen molar-refractivity contribution in [2.75, 3.05) is 10.7 Å². The highest BCUT2D eigenvalue weighted by Crippen LogP contribution is 2.41. The first-order valence-electron chi connectivity index (χ1n) is 14.9. The summed E-state index contributed by atoms with van der Waals surface area (Å²) in [5.41, 5.74) is 4.11. The summed E-state index contributed by atoms with van der Waals surface area (Å²) in [6, 6.07) is 14.0. The van der Waals surface area contributed by atoms with Crippen LogP contribution in [0.4, 0.5) is 5.82 Å². The number of carbonyl (C=O) groups excluding carboxylic acids is 1. The molecule has 5 rings (SSSR count). The molecule has 224 valence electrons. The molecule has 2 unspecified atom stereocenters. The van der Waals surface area contributed by atoms with E-state index >= 15 is 0 Å². The SMILES string of the molecule is CCCCC1=NC2(CCCC2)C(=O)N1Cc1ccc(-c2ccccc2S(=O)N(P)c2noc(C)c2C)c(COCC)c1.